The van der Waals surface area contributed by atoms with Gasteiger partial charge in [0.05, 0.1) is 12.7 Å². The van der Waals surface area contributed by atoms with Crippen LogP contribution in [-0.4, -0.2) is 40.1 Å². The van der Waals surface area contributed by atoms with Gasteiger partial charge in [-0.3, -0.25) is 0 Å². The normalized spacial score (nSPS) is 12.8. The highest BCUT2D eigenvalue weighted by Gasteiger charge is 2.07. The molecule has 0 aromatic carbocycles. The summed E-state index contributed by atoms with van der Waals surface area (Å²) in [6, 6.07) is 1.93. The maximum Gasteiger partial charge on any atom is 0.188 e. The average Bonchev–Trinajstić information content (AvgIpc) is 2.22. The Hall–Kier alpha value is -0.650. The Morgan fingerprint density at radius 2 is 2.00 bits per heavy atom. The molecule has 1 rings (SSSR count). The Bertz CT molecular complexity index is 314. The first-order chi connectivity index (χ1) is 7.61. The second-order valence-corrected chi connectivity index (χ2v) is 4.54. The summed E-state index contributed by atoms with van der Waals surface area (Å²) in [7, 11) is 0. The predicted octanol–water partition coefficient (Wildman–Crippen LogP) is 1.58. The van der Waals surface area contributed by atoms with Crippen LogP contribution in [0.25, 0.3) is 0 Å². The van der Waals surface area contributed by atoms with E-state index in [0.29, 0.717) is 24.1 Å². The molecular weight excluding hydrogens is 224 g/mol. The minimum atomic E-state index is -0.464. The van der Waals surface area contributed by atoms with Crippen molar-refractivity contribution in [1.82, 2.24) is 9.97 Å². The molecule has 0 unspecified atom stereocenters. The minimum Gasteiger partial charge on any atom is -0.390 e. The van der Waals surface area contributed by atoms with Crippen molar-refractivity contribution in [2.45, 2.75) is 32.0 Å². The van der Waals surface area contributed by atoms with Gasteiger partial charge < -0.3 is 9.84 Å². The lowest BCUT2D eigenvalue weighted by atomic mass is 10.4. The lowest BCUT2D eigenvalue weighted by Gasteiger charge is -2.09. The Morgan fingerprint density at radius 1 is 1.38 bits per heavy atom. The number of aliphatic hydroxyl groups excluding tert-OH is 1. The zero-order valence-electron chi connectivity index (χ0n) is 9.93. The minimum absolute atomic E-state index is 0.369. The smallest absolute Gasteiger partial charge is 0.188 e. The molecule has 16 heavy (non-hydrogen) atoms. The van der Waals surface area contributed by atoms with Gasteiger partial charge >= 0.3 is 0 Å². The molecule has 4 nitrogen and oxygen atoms in total. The third-order valence-electron chi connectivity index (χ3n) is 1.88. The molecule has 0 saturated carbocycles. The molecule has 0 aliphatic heterocycles. The monoisotopic (exact) mass is 242 g/mol. The van der Waals surface area contributed by atoms with Crippen molar-refractivity contribution in [2.24, 2.45) is 0 Å². The van der Waals surface area contributed by atoms with Gasteiger partial charge in [0.1, 0.15) is 0 Å². The van der Waals surface area contributed by atoms with Crippen molar-refractivity contribution in [2.75, 3.05) is 19.0 Å². The van der Waals surface area contributed by atoms with E-state index in [9.17, 15) is 5.11 Å². The van der Waals surface area contributed by atoms with Gasteiger partial charge in [-0.1, -0.05) is 11.8 Å². The van der Waals surface area contributed by atoms with Crippen LogP contribution in [-0.2, 0) is 4.74 Å². The highest BCUT2D eigenvalue weighted by molar-refractivity contribution is 7.99. The summed E-state index contributed by atoms with van der Waals surface area (Å²) in [5.41, 5.74) is 1.91. The fourth-order valence-corrected chi connectivity index (χ4v) is 2.09. The van der Waals surface area contributed by atoms with Gasteiger partial charge in [0.15, 0.2) is 5.16 Å². The maximum atomic E-state index is 9.58. The fourth-order valence-electron chi connectivity index (χ4n) is 1.23. The van der Waals surface area contributed by atoms with Crippen molar-refractivity contribution in [3.05, 3.63) is 17.5 Å². The number of nitrogens with zero attached hydrogens (tertiary/aromatic N) is 2. The molecule has 1 heterocycles. The van der Waals surface area contributed by atoms with E-state index in [0.717, 1.165) is 11.4 Å². The number of thioether (sulfide) groups is 1. The number of ether oxygens (including phenoxy) is 1. The van der Waals surface area contributed by atoms with Gasteiger partial charge in [-0.05, 0) is 26.8 Å². The molecule has 0 aliphatic rings. The average molecular weight is 242 g/mol. The number of aliphatic hydroxyl groups is 1. The lowest BCUT2D eigenvalue weighted by Crippen LogP contribution is -2.18. The molecule has 5 heteroatoms. The molecule has 90 valence electrons. The molecule has 0 radical (unpaired) electrons. The van der Waals surface area contributed by atoms with Crippen LogP contribution in [0, 0.1) is 13.8 Å². The number of rotatable bonds is 6. The Labute approximate surface area is 100 Å². The number of aromatic nitrogens is 2. The molecule has 0 fully saturated rings. The summed E-state index contributed by atoms with van der Waals surface area (Å²) in [4.78, 5) is 8.57. The molecule has 1 aromatic heterocycles. The summed E-state index contributed by atoms with van der Waals surface area (Å²) in [5, 5.41) is 10.3. The van der Waals surface area contributed by atoms with Gasteiger partial charge in [0, 0.05) is 23.7 Å². The molecule has 0 bridgehead atoms. The van der Waals surface area contributed by atoms with Crippen LogP contribution in [0.1, 0.15) is 18.3 Å². The fraction of sp³-hybridized carbons (Fsp3) is 0.636. The van der Waals surface area contributed by atoms with Crippen LogP contribution < -0.4 is 0 Å². The highest BCUT2D eigenvalue weighted by atomic mass is 32.2. The standard InChI is InChI=1S/C11H18N2O2S/c1-4-15-6-10(14)7-16-11-12-8(2)5-9(3)13-11/h5,10,14H,4,6-7H2,1-3H3/t10-/m0/s1. The first-order valence-corrected chi connectivity index (χ1v) is 6.31. The Kier molecular flexibility index (Phi) is 5.73. The summed E-state index contributed by atoms with van der Waals surface area (Å²) in [5.74, 6) is 0.558. The highest BCUT2D eigenvalue weighted by Crippen LogP contribution is 2.15. The summed E-state index contributed by atoms with van der Waals surface area (Å²) in [6.45, 7) is 6.79. The van der Waals surface area contributed by atoms with E-state index in [1.165, 1.54) is 11.8 Å². The summed E-state index contributed by atoms with van der Waals surface area (Å²) in [6.07, 6.45) is -0.464. The number of aryl methyl sites for hydroxylation is 2. The predicted molar refractivity (Wildman–Crippen MR) is 64.7 cm³/mol. The first-order valence-electron chi connectivity index (χ1n) is 5.32. The van der Waals surface area contributed by atoms with E-state index in [2.05, 4.69) is 9.97 Å². The van der Waals surface area contributed by atoms with Gasteiger partial charge in [-0.15, -0.1) is 0 Å². The second-order valence-electron chi connectivity index (χ2n) is 3.56. The van der Waals surface area contributed by atoms with E-state index < -0.39 is 6.10 Å². The lowest BCUT2D eigenvalue weighted by molar-refractivity contribution is 0.0551. The van der Waals surface area contributed by atoms with Crippen molar-refractivity contribution < 1.29 is 9.84 Å². The van der Waals surface area contributed by atoms with Crippen LogP contribution in [0.5, 0.6) is 0 Å². The van der Waals surface area contributed by atoms with Gasteiger partial charge in [-0.25, -0.2) is 9.97 Å². The SMILES string of the molecule is CCOC[C@H](O)CSc1nc(C)cc(C)n1. The maximum absolute atomic E-state index is 9.58. The Morgan fingerprint density at radius 3 is 2.56 bits per heavy atom. The quantitative estimate of drug-likeness (QED) is 0.606. The zero-order chi connectivity index (χ0) is 12.0. The van der Waals surface area contributed by atoms with Crippen molar-refractivity contribution >= 4 is 11.8 Å². The van der Waals surface area contributed by atoms with Crippen molar-refractivity contribution in [3.8, 4) is 0 Å². The van der Waals surface area contributed by atoms with Crippen molar-refractivity contribution in [3.63, 3.8) is 0 Å². The molecular formula is C11H18N2O2S. The second kappa shape index (κ2) is 6.83. The summed E-state index contributed by atoms with van der Waals surface area (Å²) < 4.78 is 5.13. The molecule has 1 N–H and O–H groups in total. The number of hydrogen-bond acceptors (Lipinski definition) is 5. The molecule has 0 amide bonds. The third kappa shape index (κ3) is 4.92. The van der Waals surface area contributed by atoms with Gasteiger partial charge in [0.25, 0.3) is 0 Å². The topological polar surface area (TPSA) is 55.2 Å². The van der Waals surface area contributed by atoms with Crippen molar-refractivity contribution in [1.29, 1.82) is 0 Å². The molecule has 0 spiro atoms. The van der Waals surface area contributed by atoms with E-state index in [-0.39, 0.29) is 0 Å². The molecule has 1 atom stereocenters. The largest absolute Gasteiger partial charge is 0.390 e. The van der Waals surface area contributed by atoms with E-state index in [4.69, 9.17) is 4.74 Å². The molecule has 1 aromatic rings. The molecule has 0 saturated heterocycles. The first kappa shape index (κ1) is 13.4. The van der Waals surface area contributed by atoms with Crippen LogP contribution in [0.3, 0.4) is 0 Å². The van der Waals surface area contributed by atoms with Crippen LogP contribution in [0.4, 0.5) is 0 Å². The van der Waals surface area contributed by atoms with Crippen LogP contribution >= 0.6 is 11.8 Å². The number of hydrogen-bond donors (Lipinski definition) is 1. The van der Waals surface area contributed by atoms with Crippen LogP contribution in [0.15, 0.2) is 11.2 Å². The van der Waals surface area contributed by atoms with E-state index in [1.54, 1.807) is 0 Å². The van der Waals surface area contributed by atoms with E-state index in [1.807, 2.05) is 26.8 Å². The third-order valence-corrected chi connectivity index (χ3v) is 2.87. The van der Waals surface area contributed by atoms with Gasteiger partial charge in [0.2, 0.25) is 0 Å². The summed E-state index contributed by atoms with van der Waals surface area (Å²) >= 11 is 1.46. The zero-order valence-corrected chi connectivity index (χ0v) is 10.8. The van der Waals surface area contributed by atoms with E-state index >= 15 is 0 Å². The Balaban J connectivity index is 2.41. The van der Waals surface area contributed by atoms with Crippen LogP contribution in [0.2, 0.25) is 0 Å². The van der Waals surface area contributed by atoms with Gasteiger partial charge in [-0.2, -0.15) is 0 Å². The molecule has 0 aliphatic carbocycles.